The second-order valence-electron chi connectivity index (χ2n) is 5.29. The Kier molecular flexibility index (Phi) is 6.72. The SMILES string of the molecule is CCCNC(C)c1sc(C2SCCSC2CC)nc1C. The molecule has 0 aliphatic carbocycles. The van der Waals surface area contributed by atoms with Crippen LogP contribution in [0.3, 0.4) is 0 Å². The number of hydrogen-bond acceptors (Lipinski definition) is 5. The molecule has 20 heavy (non-hydrogen) atoms. The Morgan fingerprint density at radius 1 is 1.30 bits per heavy atom. The highest BCUT2D eigenvalue weighted by Crippen LogP contribution is 2.46. The van der Waals surface area contributed by atoms with E-state index in [1.54, 1.807) is 0 Å². The van der Waals surface area contributed by atoms with Gasteiger partial charge in [-0.2, -0.15) is 11.8 Å². The predicted molar refractivity (Wildman–Crippen MR) is 95.3 cm³/mol. The van der Waals surface area contributed by atoms with Crippen molar-refractivity contribution >= 4 is 34.9 Å². The Morgan fingerprint density at radius 2 is 2.05 bits per heavy atom. The van der Waals surface area contributed by atoms with Gasteiger partial charge in [0, 0.05) is 27.7 Å². The molecule has 0 aromatic carbocycles. The van der Waals surface area contributed by atoms with Crippen LogP contribution in [0.1, 0.15) is 60.5 Å². The maximum atomic E-state index is 4.91. The molecule has 1 saturated heterocycles. The summed E-state index contributed by atoms with van der Waals surface area (Å²) in [5, 5.41) is 6.29. The minimum Gasteiger partial charge on any atom is -0.309 e. The molecule has 0 amide bonds. The minimum atomic E-state index is 0.433. The largest absolute Gasteiger partial charge is 0.309 e. The topological polar surface area (TPSA) is 24.9 Å². The Morgan fingerprint density at radius 3 is 2.75 bits per heavy atom. The van der Waals surface area contributed by atoms with Gasteiger partial charge in [-0.1, -0.05) is 13.8 Å². The number of nitrogens with one attached hydrogen (secondary N) is 1. The lowest BCUT2D eigenvalue weighted by Gasteiger charge is -2.28. The van der Waals surface area contributed by atoms with Crippen molar-refractivity contribution in [3.05, 3.63) is 15.6 Å². The van der Waals surface area contributed by atoms with Crippen LogP contribution in [0.15, 0.2) is 0 Å². The lowest BCUT2D eigenvalue weighted by molar-refractivity contribution is 0.575. The molecule has 2 heterocycles. The summed E-state index contributed by atoms with van der Waals surface area (Å²) in [5.41, 5.74) is 1.23. The van der Waals surface area contributed by atoms with Crippen LogP contribution in [-0.4, -0.2) is 28.3 Å². The van der Waals surface area contributed by atoms with Crippen LogP contribution in [0, 0.1) is 6.92 Å². The van der Waals surface area contributed by atoms with E-state index in [0.717, 1.165) is 11.8 Å². The second-order valence-corrected chi connectivity index (χ2v) is 8.95. The number of aryl methyl sites for hydroxylation is 1. The molecule has 1 aliphatic rings. The molecule has 1 fully saturated rings. The van der Waals surface area contributed by atoms with Crippen molar-refractivity contribution in [2.24, 2.45) is 0 Å². The van der Waals surface area contributed by atoms with Gasteiger partial charge in [-0.3, -0.25) is 0 Å². The number of hydrogen-bond donors (Lipinski definition) is 1. The van der Waals surface area contributed by atoms with Crippen molar-refractivity contribution in [2.45, 2.75) is 57.1 Å². The third-order valence-corrected chi connectivity index (χ3v) is 8.47. The standard InChI is InChI=1S/C15H26N2S3/c1-5-7-16-10(3)13-11(4)17-15(20-13)14-12(6-2)18-8-9-19-14/h10,12,14,16H,5-9H2,1-4H3. The van der Waals surface area contributed by atoms with E-state index in [9.17, 15) is 0 Å². The van der Waals surface area contributed by atoms with Gasteiger partial charge in [0.1, 0.15) is 5.01 Å². The van der Waals surface area contributed by atoms with Gasteiger partial charge in [-0.05, 0) is 33.2 Å². The quantitative estimate of drug-likeness (QED) is 0.809. The third-order valence-electron chi connectivity index (χ3n) is 3.64. The van der Waals surface area contributed by atoms with Gasteiger partial charge in [0.05, 0.1) is 10.9 Å². The van der Waals surface area contributed by atoms with Gasteiger partial charge in [-0.25, -0.2) is 4.98 Å². The second kappa shape index (κ2) is 8.06. The van der Waals surface area contributed by atoms with Gasteiger partial charge in [0.2, 0.25) is 0 Å². The molecular formula is C15H26N2S3. The number of thiazole rings is 1. The summed E-state index contributed by atoms with van der Waals surface area (Å²) < 4.78 is 0. The van der Waals surface area contributed by atoms with Crippen molar-refractivity contribution in [1.82, 2.24) is 10.3 Å². The molecule has 3 unspecified atom stereocenters. The highest BCUT2D eigenvalue weighted by atomic mass is 32.2. The van der Waals surface area contributed by atoms with Crippen LogP contribution >= 0.6 is 34.9 Å². The van der Waals surface area contributed by atoms with Gasteiger partial charge in [0.15, 0.2) is 0 Å². The van der Waals surface area contributed by atoms with E-state index < -0.39 is 0 Å². The third kappa shape index (κ3) is 3.93. The van der Waals surface area contributed by atoms with Crippen LogP contribution in [0.5, 0.6) is 0 Å². The molecule has 0 bridgehead atoms. The monoisotopic (exact) mass is 330 g/mol. The molecule has 0 saturated carbocycles. The van der Waals surface area contributed by atoms with Gasteiger partial charge in [0.25, 0.3) is 0 Å². The first-order valence-electron chi connectivity index (χ1n) is 7.61. The first-order chi connectivity index (χ1) is 9.67. The maximum absolute atomic E-state index is 4.91. The molecule has 3 atom stereocenters. The highest BCUT2D eigenvalue weighted by molar-refractivity contribution is 8.06. The number of aromatic nitrogens is 1. The van der Waals surface area contributed by atoms with Gasteiger partial charge in [-0.15, -0.1) is 23.1 Å². The Balaban J connectivity index is 2.13. The van der Waals surface area contributed by atoms with E-state index >= 15 is 0 Å². The maximum Gasteiger partial charge on any atom is 0.107 e. The zero-order valence-corrected chi connectivity index (χ0v) is 15.4. The molecule has 1 aliphatic heterocycles. The fraction of sp³-hybridized carbons (Fsp3) is 0.800. The van der Waals surface area contributed by atoms with Crippen molar-refractivity contribution in [1.29, 1.82) is 0 Å². The van der Waals surface area contributed by atoms with E-state index in [1.807, 2.05) is 11.3 Å². The summed E-state index contributed by atoms with van der Waals surface area (Å²) >= 11 is 6.18. The molecule has 1 N–H and O–H groups in total. The Bertz CT molecular complexity index is 419. The van der Waals surface area contributed by atoms with Crippen LogP contribution in [0.2, 0.25) is 0 Å². The molecule has 5 heteroatoms. The molecule has 1 aromatic heterocycles. The Hall–Kier alpha value is 0.290. The normalized spacial score (nSPS) is 24.8. The zero-order valence-electron chi connectivity index (χ0n) is 12.9. The number of rotatable bonds is 6. The summed E-state index contributed by atoms with van der Waals surface area (Å²) in [6.07, 6.45) is 2.43. The Labute approximate surface area is 135 Å². The van der Waals surface area contributed by atoms with Crippen molar-refractivity contribution < 1.29 is 0 Å². The average Bonchev–Trinajstić information content (AvgIpc) is 2.86. The molecule has 2 nitrogen and oxygen atoms in total. The van der Waals surface area contributed by atoms with Crippen molar-refractivity contribution in [2.75, 3.05) is 18.1 Å². The summed E-state index contributed by atoms with van der Waals surface area (Å²) in [6.45, 7) is 10.0. The number of nitrogens with zero attached hydrogens (tertiary/aromatic N) is 1. The molecule has 0 radical (unpaired) electrons. The van der Waals surface area contributed by atoms with Crippen LogP contribution in [-0.2, 0) is 0 Å². The fourth-order valence-electron chi connectivity index (χ4n) is 2.54. The lowest BCUT2D eigenvalue weighted by atomic mass is 10.2. The summed E-state index contributed by atoms with van der Waals surface area (Å²) in [4.78, 5) is 6.34. The smallest absolute Gasteiger partial charge is 0.107 e. The van der Waals surface area contributed by atoms with Crippen LogP contribution < -0.4 is 5.32 Å². The zero-order chi connectivity index (χ0) is 14.5. The van der Waals surface area contributed by atoms with Crippen molar-refractivity contribution in [3.63, 3.8) is 0 Å². The first-order valence-corrected chi connectivity index (χ1v) is 10.5. The average molecular weight is 331 g/mol. The lowest BCUT2D eigenvalue weighted by Crippen LogP contribution is -2.19. The minimum absolute atomic E-state index is 0.433. The molecular weight excluding hydrogens is 304 g/mol. The highest BCUT2D eigenvalue weighted by Gasteiger charge is 2.30. The summed E-state index contributed by atoms with van der Waals surface area (Å²) in [7, 11) is 0. The fourth-order valence-corrected chi connectivity index (χ4v) is 7.05. The van der Waals surface area contributed by atoms with E-state index in [1.165, 1.54) is 39.9 Å². The summed E-state index contributed by atoms with van der Waals surface area (Å²) in [6, 6.07) is 0.433. The van der Waals surface area contributed by atoms with Crippen molar-refractivity contribution in [3.8, 4) is 0 Å². The van der Waals surface area contributed by atoms with Gasteiger partial charge >= 0.3 is 0 Å². The summed E-state index contributed by atoms with van der Waals surface area (Å²) in [5.74, 6) is 2.56. The van der Waals surface area contributed by atoms with E-state index in [2.05, 4.69) is 56.5 Å². The van der Waals surface area contributed by atoms with E-state index in [-0.39, 0.29) is 0 Å². The van der Waals surface area contributed by atoms with Crippen LogP contribution in [0.25, 0.3) is 0 Å². The van der Waals surface area contributed by atoms with E-state index in [0.29, 0.717) is 11.3 Å². The molecule has 1 aromatic rings. The van der Waals surface area contributed by atoms with E-state index in [4.69, 9.17) is 4.98 Å². The predicted octanol–water partition coefficient (Wildman–Crippen LogP) is 4.81. The molecule has 0 spiro atoms. The number of thioether (sulfide) groups is 2. The first kappa shape index (κ1) is 16.7. The van der Waals surface area contributed by atoms with Gasteiger partial charge < -0.3 is 5.32 Å². The molecule has 114 valence electrons. The molecule has 2 rings (SSSR count). The van der Waals surface area contributed by atoms with Crippen LogP contribution in [0.4, 0.5) is 0 Å².